The third-order valence-corrected chi connectivity index (χ3v) is 2.93. The molecule has 0 spiro atoms. The lowest BCUT2D eigenvalue weighted by molar-refractivity contribution is 0.0687. The number of anilines is 1. The van der Waals surface area contributed by atoms with Gasteiger partial charge >= 0.3 is 0 Å². The van der Waals surface area contributed by atoms with Gasteiger partial charge in [-0.05, 0) is 19.1 Å². The molecule has 1 aliphatic heterocycles. The van der Waals surface area contributed by atoms with E-state index in [-0.39, 0.29) is 6.10 Å². The Morgan fingerprint density at radius 1 is 1.56 bits per heavy atom. The smallest absolute Gasteiger partial charge is 0.138 e. The molecule has 0 atom stereocenters. The minimum absolute atomic E-state index is 0.272. The number of rotatable bonds is 4. The molecule has 2 heterocycles. The lowest BCUT2D eigenvalue weighted by atomic mass is 10.2. The molecule has 0 radical (unpaired) electrons. The van der Waals surface area contributed by atoms with E-state index in [2.05, 4.69) is 24.1 Å². The lowest BCUT2D eigenvalue weighted by Crippen LogP contribution is -2.54. The van der Waals surface area contributed by atoms with Gasteiger partial charge in [0, 0.05) is 25.6 Å². The Balaban J connectivity index is 1.84. The normalized spacial score (nSPS) is 16.6. The average molecular weight is 237 g/mol. The number of pyridine rings is 1. The molecule has 0 aliphatic carbocycles. The van der Waals surface area contributed by atoms with Gasteiger partial charge in [-0.25, -0.2) is 4.98 Å². The molecule has 1 aromatic rings. The summed E-state index contributed by atoms with van der Waals surface area (Å²) in [6.45, 7) is 3.91. The number of ether oxygens (including phenoxy) is 1. The fourth-order valence-corrected chi connectivity index (χ4v) is 1.76. The average Bonchev–Trinajstić information content (AvgIpc) is 2.23. The summed E-state index contributed by atoms with van der Waals surface area (Å²) in [5, 5.41) is 2.97. The van der Waals surface area contributed by atoms with Crippen LogP contribution in [0.3, 0.4) is 0 Å². The molecule has 4 nitrogen and oxygen atoms in total. The third-order valence-electron chi connectivity index (χ3n) is 2.62. The van der Waals surface area contributed by atoms with Gasteiger partial charge in [-0.1, -0.05) is 0 Å². The van der Waals surface area contributed by atoms with Crippen molar-refractivity contribution in [1.82, 2.24) is 9.88 Å². The zero-order valence-electron chi connectivity index (χ0n) is 9.53. The zero-order valence-corrected chi connectivity index (χ0v) is 10.5. The van der Waals surface area contributed by atoms with Gasteiger partial charge in [-0.2, -0.15) is 0 Å². The van der Waals surface area contributed by atoms with Gasteiger partial charge in [0.25, 0.3) is 0 Å². The second-order valence-corrected chi connectivity index (χ2v) is 4.58. The maximum Gasteiger partial charge on any atom is 0.138 e. The summed E-state index contributed by atoms with van der Waals surface area (Å²) in [4.78, 5) is 6.42. The monoisotopic (exact) mass is 237 g/mol. The second kappa shape index (κ2) is 4.81. The Bertz CT molecular complexity index is 373. The molecule has 1 N–H and O–H groups in total. The van der Waals surface area contributed by atoms with Gasteiger partial charge in [0.1, 0.15) is 17.7 Å². The van der Waals surface area contributed by atoms with E-state index in [1.165, 1.54) is 0 Å². The van der Waals surface area contributed by atoms with Gasteiger partial charge in [-0.15, -0.1) is 8.86 Å². The first-order valence-corrected chi connectivity index (χ1v) is 5.79. The molecule has 1 fully saturated rings. The third kappa shape index (κ3) is 2.52. The second-order valence-electron chi connectivity index (χ2n) is 3.86. The minimum atomic E-state index is 0.272. The van der Waals surface area contributed by atoms with Crippen LogP contribution in [-0.2, 0) is 0 Å². The Morgan fingerprint density at radius 2 is 2.31 bits per heavy atom. The summed E-state index contributed by atoms with van der Waals surface area (Å²) in [6, 6.07) is 3.85. The predicted octanol–water partition coefficient (Wildman–Crippen LogP) is 1.48. The van der Waals surface area contributed by atoms with Crippen molar-refractivity contribution in [3.63, 3.8) is 0 Å². The fourth-order valence-electron chi connectivity index (χ4n) is 1.58. The summed E-state index contributed by atoms with van der Waals surface area (Å²) in [5.41, 5.74) is 1.16. The molecule has 5 heteroatoms. The van der Waals surface area contributed by atoms with Gasteiger partial charge in [0.15, 0.2) is 0 Å². The zero-order chi connectivity index (χ0) is 11.5. The number of hydrogen-bond donors (Lipinski definition) is 1. The SMILES string of the molecule is CNc1ccc(OC2CN(C(C)=P)C2)cn1. The van der Waals surface area contributed by atoms with Crippen LogP contribution in [0.2, 0.25) is 0 Å². The minimum Gasteiger partial charge on any atom is -0.486 e. The first kappa shape index (κ1) is 11.4. The molecule has 0 unspecified atom stereocenters. The maximum atomic E-state index is 5.76. The number of hydrogen-bond acceptors (Lipinski definition) is 3. The summed E-state index contributed by atoms with van der Waals surface area (Å²) >= 11 is 0. The highest BCUT2D eigenvalue weighted by Crippen LogP contribution is 2.18. The van der Waals surface area contributed by atoms with E-state index in [9.17, 15) is 0 Å². The fraction of sp³-hybridized carbons (Fsp3) is 0.455. The lowest BCUT2D eigenvalue weighted by Gasteiger charge is -2.38. The van der Waals surface area contributed by atoms with E-state index < -0.39 is 0 Å². The van der Waals surface area contributed by atoms with Gasteiger partial charge in [-0.3, -0.25) is 4.90 Å². The van der Waals surface area contributed by atoms with Crippen molar-refractivity contribution in [2.45, 2.75) is 13.0 Å². The van der Waals surface area contributed by atoms with Gasteiger partial charge in [0.2, 0.25) is 0 Å². The predicted molar refractivity (Wildman–Crippen MR) is 68.8 cm³/mol. The van der Waals surface area contributed by atoms with Crippen LogP contribution in [0.1, 0.15) is 6.92 Å². The highest BCUT2D eigenvalue weighted by molar-refractivity contribution is 7.20. The van der Waals surface area contributed by atoms with Crippen molar-refractivity contribution in [1.29, 1.82) is 0 Å². The Kier molecular flexibility index (Phi) is 3.42. The Hall–Kier alpha value is -1.12. The Morgan fingerprint density at radius 3 is 2.81 bits per heavy atom. The van der Waals surface area contributed by atoms with Crippen molar-refractivity contribution in [3.05, 3.63) is 18.3 Å². The van der Waals surface area contributed by atoms with E-state index >= 15 is 0 Å². The van der Waals surface area contributed by atoms with Crippen LogP contribution in [0, 0.1) is 0 Å². The van der Waals surface area contributed by atoms with Gasteiger partial charge in [0.05, 0.1) is 6.20 Å². The number of nitrogens with one attached hydrogen (secondary N) is 1. The van der Waals surface area contributed by atoms with Crippen LogP contribution in [0.5, 0.6) is 5.75 Å². The van der Waals surface area contributed by atoms with Crippen LogP contribution in [0.4, 0.5) is 5.82 Å². The molecular weight excluding hydrogens is 221 g/mol. The van der Waals surface area contributed by atoms with Crippen LogP contribution in [0.15, 0.2) is 18.3 Å². The summed E-state index contributed by atoms with van der Waals surface area (Å²) < 4.78 is 5.76. The summed E-state index contributed by atoms with van der Waals surface area (Å²) in [6.07, 6.45) is 2.02. The van der Waals surface area contributed by atoms with Crippen molar-refractivity contribution in [2.24, 2.45) is 0 Å². The highest BCUT2D eigenvalue weighted by Gasteiger charge is 2.28. The molecule has 2 rings (SSSR count). The molecule has 16 heavy (non-hydrogen) atoms. The summed E-state index contributed by atoms with van der Waals surface area (Å²) in [7, 11) is 5.35. The number of aromatic nitrogens is 1. The molecular formula is C11H16N3OP. The molecule has 0 saturated carbocycles. The maximum absolute atomic E-state index is 5.76. The van der Waals surface area contributed by atoms with Crippen LogP contribution in [-0.4, -0.2) is 41.5 Å². The first-order valence-electron chi connectivity index (χ1n) is 5.29. The van der Waals surface area contributed by atoms with Crippen molar-refractivity contribution in [3.8, 4) is 5.75 Å². The van der Waals surface area contributed by atoms with E-state index in [0.29, 0.717) is 0 Å². The van der Waals surface area contributed by atoms with Crippen molar-refractivity contribution < 1.29 is 4.74 Å². The molecule has 0 bridgehead atoms. The van der Waals surface area contributed by atoms with Gasteiger partial charge < -0.3 is 10.1 Å². The summed E-state index contributed by atoms with van der Waals surface area (Å²) in [5.74, 6) is 1.68. The van der Waals surface area contributed by atoms with Crippen molar-refractivity contribution >= 4 is 20.1 Å². The van der Waals surface area contributed by atoms with Crippen molar-refractivity contribution in [2.75, 3.05) is 25.5 Å². The van der Waals surface area contributed by atoms with Crippen LogP contribution in [0.25, 0.3) is 0 Å². The molecule has 86 valence electrons. The number of likely N-dealkylation sites (tertiary alicyclic amines) is 1. The first-order chi connectivity index (χ1) is 7.69. The molecule has 0 aromatic carbocycles. The van der Waals surface area contributed by atoms with Crippen LogP contribution < -0.4 is 10.1 Å². The molecule has 1 aliphatic rings. The molecule has 1 saturated heterocycles. The van der Waals surface area contributed by atoms with E-state index in [1.807, 2.05) is 26.1 Å². The highest BCUT2D eigenvalue weighted by atomic mass is 31.0. The van der Waals surface area contributed by atoms with E-state index in [1.54, 1.807) is 6.20 Å². The molecule has 1 aromatic heterocycles. The van der Waals surface area contributed by atoms with Crippen LogP contribution >= 0.6 is 8.86 Å². The Labute approximate surface area is 97.8 Å². The quantitative estimate of drug-likeness (QED) is 0.805. The standard InChI is InChI=1S/C11H16N3OP/c1-8(16)14-6-10(7-14)15-9-3-4-11(12-2)13-5-9/h3-5,10,16H,6-7H2,1-2H3,(H,12,13). The van der Waals surface area contributed by atoms with E-state index in [0.717, 1.165) is 30.1 Å². The largest absolute Gasteiger partial charge is 0.486 e. The topological polar surface area (TPSA) is 37.4 Å². The number of nitrogens with zero attached hydrogens (tertiary/aromatic N) is 2. The van der Waals surface area contributed by atoms with E-state index in [4.69, 9.17) is 4.74 Å². The molecule has 0 amide bonds.